The molecule has 1 aliphatic carbocycles. The molecule has 1 fully saturated rings. The number of rotatable bonds is 4. The first-order valence-corrected chi connectivity index (χ1v) is 9.65. The molecule has 3 rings (SSSR count). The monoisotopic (exact) mass is 375 g/mol. The van der Waals surface area contributed by atoms with Crippen molar-refractivity contribution in [1.82, 2.24) is 4.90 Å². The smallest absolute Gasteiger partial charge is 0.391 e. The number of alkyl halides is 3. The summed E-state index contributed by atoms with van der Waals surface area (Å²) in [5, 5.41) is 9.19. The van der Waals surface area contributed by atoms with Crippen LogP contribution in [-0.2, 0) is 6.54 Å². The number of hydrogen-bond donors (Lipinski definition) is 1. The second kappa shape index (κ2) is 6.91. The van der Waals surface area contributed by atoms with Crippen LogP contribution in [-0.4, -0.2) is 28.7 Å². The molecule has 0 spiro atoms. The quantitative estimate of drug-likeness (QED) is 0.773. The predicted molar refractivity (Wildman–Crippen MR) is 90.8 cm³/mol. The number of fused-ring (bicyclic) bond motifs is 1. The molecule has 140 valence electrons. The first-order chi connectivity index (χ1) is 11.7. The van der Waals surface area contributed by atoms with E-state index < -0.39 is 18.1 Å². The molecule has 25 heavy (non-hydrogen) atoms. The number of aromatic carboxylic acids is 1. The van der Waals surface area contributed by atoms with E-state index in [1.165, 1.54) is 11.3 Å². The van der Waals surface area contributed by atoms with E-state index in [9.17, 15) is 23.1 Å². The van der Waals surface area contributed by atoms with E-state index in [4.69, 9.17) is 0 Å². The van der Waals surface area contributed by atoms with E-state index in [1.54, 1.807) is 6.07 Å². The highest BCUT2D eigenvalue weighted by atomic mass is 32.1. The number of thiophene rings is 1. The molecular formula is C18H24F3NO2S. The van der Waals surface area contributed by atoms with Gasteiger partial charge >= 0.3 is 12.1 Å². The molecule has 0 amide bonds. The molecule has 0 saturated heterocycles. The Labute approximate surface area is 149 Å². The zero-order valence-electron chi connectivity index (χ0n) is 14.5. The molecule has 7 heteroatoms. The molecule has 1 saturated carbocycles. The number of carbonyl (C=O) groups is 1. The van der Waals surface area contributed by atoms with Crippen LogP contribution in [0.2, 0.25) is 0 Å². The number of halogens is 3. The maximum Gasteiger partial charge on any atom is 0.391 e. The fraction of sp³-hybridized carbons (Fsp3) is 0.722. The van der Waals surface area contributed by atoms with Gasteiger partial charge in [-0.05, 0) is 49.1 Å². The molecule has 0 aromatic carbocycles. The van der Waals surface area contributed by atoms with Gasteiger partial charge in [0.25, 0.3) is 0 Å². The largest absolute Gasteiger partial charge is 0.477 e. The van der Waals surface area contributed by atoms with Gasteiger partial charge in [0.05, 0.1) is 5.92 Å². The lowest BCUT2D eigenvalue weighted by atomic mass is 9.81. The lowest BCUT2D eigenvalue weighted by molar-refractivity contribution is -0.184. The third kappa shape index (κ3) is 3.87. The summed E-state index contributed by atoms with van der Waals surface area (Å²) in [4.78, 5) is 15.0. The molecule has 3 nitrogen and oxygen atoms in total. The Balaban J connectivity index is 1.65. The molecule has 1 aliphatic heterocycles. The van der Waals surface area contributed by atoms with Crippen LogP contribution in [0.3, 0.4) is 0 Å². The minimum absolute atomic E-state index is 0.174. The van der Waals surface area contributed by atoms with Gasteiger partial charge in [-0.1, -0.05) is 13.8 Å². The number of hydrogen-bond acceptors (Lipinski definition) is 3. The van der Waals surface area contributed by atoms with Crippen LogP contribution in [0.5, 0.6) is 0 Å². The van der Waals surface area contributed by atoms with E-state index in [2.05, 4.69) is 18.7 Å². The highest BCUT2D eigenvalue weighted by Crippen LogP contribution is 2.45. The van der Waals surface area contributed by atoms with Gasteiger partial charge in [0.1, 0.15) is 4.88 Å². The van der Waals surface area contributed by atoms with Crippen LogP contribution in [0.15, 0.2) is 6.07 Å². The molecule has 1 N–H and O–H groups in total. The Hall–Kier alpha value is -1.08. The highest BCUT2D eigenvalue weighted by molar-refractivity contribution is 7.14. The van der Waals surface area contributed by atoms with Gasteiger partial charge in [-0.3, -0.25) is 4.90 Å². The number of nitrogens with zero attached hydrogens (tertiary/aromatic N) is 1. The Morgan fingerprint density at radius 1 is 1.32 bits per heavy atom. The maximum absolute atomic E-state index is 12.8. The Kier molecular flexibility index (Phi) is 5.17. The number of carboxylic acid groups (broad SMARTS) is 1. The van der Waals surface area contributed by atoms with E-state index in [-0.39, 0.29) is 18.9 Å². The first-order valence-electron chi connectivity index (χ1n) is 8.83. The Morgan fingerprint density at radius 2 is 1.96 bits per heavy atom. The van der Waals surface area contributed by atoms with Crippen LogP contribution in [0.4, 0.5) is 13.2 Å². The van der Waals surface area contributed by atoms with Crippen molar-refractivity contribution >= 4 is 17.3 Å². The minimum atomic E-state index is -4.06. The summed E-state index contributed by atoms with van der Waals surface area (Å²) >= 11 is 1.35. The normalized spacial score (nSPS) is 27.7. The zero-order valence-corrected chi connectivity index (χ0v) is 15.3. The van der Waals surface area contributed by atoms with Crippen molar-refractivity contribution < 1.29 is 23.1 Å². The van der Waals surface area contributed by atoms with Crippen LogP contribution in [0.1, 0.15) is 65.7 Å². The van der Waals surface area contributed by atoms with Gasteiger partial charge in [-0.2, -0.15) is 13.2 Å². The lowest BCUT2D eigenvalue weighted by Crippen LogP contribution is -2.35. The summed E-state index contributed by atoms with van der Waals surface area (Å²) < 4.78 is 38.5. The summed E-state index contributed by atoms with van der Waals surface area (Å²) in [6.07, 6.45) is -2.34. The van der Waals surface area contributed by atoms with Crippen molar-refractivity contribution in [3.8, 4) is 0 Å². The zero-order chi connectivity index (χ0) is 18.4. The second-order valence-electron chi connectivity index (χ2n) is 7.68. The third-order valence-corrected chi connectivity index (χ3v) is 6.76. The molecule has 1 aromatic heterocycles. The molecule has 0 unspecified atom stereocenters. The highest BCUT2D eigenvalue weighted by Gasteiger charge is 2.42. The number of carboxylic acids is 1. The summed E-state index contributed by atoms with van der Waals surface area (Å²) in [6, 6.07) is 1.94. The lowest BCUT2D eigenvalue weighted by Gasteiger charge is -2.35. The van der Waals surface area contributed by atoms with Gasteiger partial charge in [0.15, 0.2) is 0 Å². The summed E-state index contributed by atoms with van der Waals surface area (Å²) in [5.74, 6) is -1.39. The molecule has 1 aromatic rings. The van der Waals surface area contributed by atoms with Crippen molar-refractivity contribution in [2.24, 2.45) is 17.8 Å². The third-order valence-electron chi connectivity index (χ3n) is 5.52. The minimum Gasteiger partial charge on any atom is -0.477 e. The Bertz CT molecular complexity index is 633. The van der Waals surface area contributed by atoms with Gasteiger partial charge in [-0.25, -0.2) is 4.79 Å². The van der Waals surface area contributed by atoms with Gasteiger partial charge in [0, 0.05) is 24.0 Å². The molecule has 2 heterocycles. The van der Waals surface area contributed by atoms with Crippen LogP contribution < -0.4 is 0 Å². The maximum atomic E-state index is 12.8. The van der Waals surface area contributed by atoms with Crippen molar-refractivity contribution in [3.63, 3.8) is 0 Å². The average Bonchev–Trinajstić information content (AvgIpc) is 3.03. The molecule has 1 atom stereocenters. The standard InChI is InChI=1S/C18H24F3NO2S/c1-10(2)15-16-12(7-14(25-16)17(23)24)9-22(15)8-11-3-5-13(6-4-11)18(19,20)21/h7,10-11,13,15H,3-6,8-9H2,1-2H3,(H,23,24)/t11-,13-,15-/m0/s1. The van der Waals surface area contributed by atoms with E-state index >= 15 is 0 Å². The average molecular weight is 375 g/mol. The van der Waals surface area contributed by atoms with Crippen LogP contribution in [0, 0.1) is 17.8 Å². The van der Waals surface area contributed by atoms with Gasteiger partial charge in [0.2, 0.25) is 0 Å². The Morgan fingerprint density at radius 3 is 2.48 bits per heavy atom. The van der Waals surface area contributed by atoms with E-state index in [0.29, 0.717) is 36.1 Å². The van der Waals surface area contributed by atoms with Crippen LogP contribution >= 0.6 is 11.3 Å². The summed E-state index contributed by atoms with van der Waals surface area (Å²) in [7, 11) is 0. The predicted octanol–water partition coefficient (Wildman–Crippen LogP) is 5.33. The van der Waals surface area contributed by atoms with Gasteiger partial charge < -0.3 is 5.11 Å². The summed E-state index contributed by atoms with van der Waals surface area (Å²) in [5.41, 5.74) is 1.07. The molecule has 2 aliphatic rings. The second-order valence-corrected chi connectivity index (χ2v) is 8.77. The van der Waals surface area contributed by atoms with Crippen molar-refractivity contribution in [1.29, 1.82) is 0 Å². The fourth-order valence-electron chi connectivity index (χ4n) is 4.31. The molecule has 0 radical (unpaired) electrons. The van der Waals surface area contributed by atoms with Crippen molar-refractivity contribution in [3.05, 3.63) is 21.4 Å². The van der Waals surface area contributed by atoms with Gasteiger partial charge in [-0.15, -0.1) is 11.3 Å². The summed E-state index contributed by atoms with van der Waals surface area (Å²) in [6.45, 7) is 5.75. The molecular weight excluding hydrogens is 351 g/mol. The van der Waals surface area contributed by atoms with E-state index in [1.807, 2.05) is 0 Å². The van der Waals surface area contributed by atoms with Crippen molar-refractivity contribution in [2.45, 2.75) is 58.3 Å². The topological polar surface area (TPSA) is 40.5 Å². The fourth-order valence-corrected chi connectivity index (χ4v) is 5.63. The molecule has 0 bridgehead atoms. The van der Waals surface area contributed by atoms with E-state index in [0.717, 1.165) is 17.0 Å². The van der Waals surface area contributed by atoms with Crippen LogP contribution in [0.25, 0.3) is 0 Å². The first kappa shape index (κ1) is 18.7. The SMILES string of the molecule is CC(C)[C@H]1c2sc(C(=O)O)cc2CN1C[C@H]1CC[C@H](C(F)(F)F)CC1. The van der Waals surface area contributed by atoms with Crippen molar-refractivity contribution in [2.75, 3.05) is 6.54 Å².